The molecule has 0 aromatic heterocycles. The molecular weight excluding hydrogens is 240 g/mol. The van der Waals surface area contributed by atoms with Crippen LogP contribution in [0.25, 0.3) is 0 Å². The zero-order valence-corrected chi connectivity index (χ0v) is 10.7. The summed E-state index contributed by atoms with van der Waals surface area (Å²) in [5, 5.41) is 0. The number of hydrogen-bond donors (Lipinski definition) is 1. The Labute approximate surface area is 106 Å². The first-order chi connectivity index (χ1) is 8.46. The van der Waals surface area contributed by atoms with E-state index in [-0.39, 0.29) is 24.9 Å². The molecule has 6 heteroatoms. The minimum atomic E-state index is -2.43. The first-order valence-corrected chi connectivity index (χ1v) is 6.50. The van der Waals surface area contributed by atoms with Gasteiger partial charge in [-0.05, 0) is 19.3 Å². The molecule has 4 nitrogen and oxygen atoms in total. The summed E-state index contributed by atoms with van der Waals surface area (Å²) in [5.41, 5.74) is 5.88. The van der Waals surface area contributed by atoms with Crippen molar-refractivity contribution < 1.29 is 13.5 Å². The second-order valence-corrected chi connectivity index (χ2v) is 5.29. The van der Waals surface area contributed by atoms with E-state index in [1.165, 1.54) is 0 Å². The van der Waals surface area contributed by atoms with Crippen molar-refractivity contribution >= 4 is 5.96 Å². The second kappa shape index (κ2) is 5.38. The van der Waals surface area contributed by atoms with Gasteiger partial charge in [0.25, 0.3) is 0 Å². The molecule has 18 heavy (non-hydrogen) atoms. The van der Waals surface area contributed by atoms with Crippen molar-refractivity contribution in [1.29, 1.82) is 0 Å². The van der Waals surface area contributed by atoms with Gasteiger partial charge in [-0.3, -0.25) is 4.99 Å². The van der Waals surface area contributed by atoms with Crippen molar-refractivity contribution in [1.82, 2.24) is 4.90 Å². The second-order valence-electron chi connectivity index (χ2n) is 5.29. The monoisotopic (exact) mass is 261 g/mol. The largest absolute Gasteiger partial charge is 0.375 e. The number of halogens is 2. The molecule has 1 atom stereocenters. The molecule has 0 spiro atoms. The van der Waals surface area contributed by atoms with E-state index in [4.69, 9.17) is 10.5 Å². The summed E-state index contributed by atoms with van der Waals surface area (Å²) in [4.78, 5) is 6.26. The van der Waals surface area contributed by atoms with Crippen LogP contribution in [0, 0.1) is 5.92 Å². The number of nitrogens with two attached hydrogens (primary N) is 1. The maximum atomic E-state index is 12.6. The first kappa shape index (κ1) is 13.5. The summed E-state index contributed by atoms with van der Waals surface area (Å²) in [6, 6.07) is 0. The van der Waals surface area contributed by atoms with Crippen molar-refractivity contribution in [3.8, 4) is 0 Å². The minimum Gasteiger partial charge on any atom is -0.375 e. The number of nitrogens with zero attached hydrogens (tertiary/aromatic N) is 2. The van der Waals surface area contributed by atoms with Gasteiger partial charge in [-0.1, -0.05) is 0 Å². The Hall–Kier alpha value is -0.910. The SMILES string of the molecule is CC1CN(C(N)=NCCC2CC(F)(F)C2)CCO1. The van der Waals surface area contributed by atoms with Crippen molar-refractivity contribution in [3.63, 3.8) is 0 Å². The van der Waals surface area contributed by atoms with Gasteiger partial charge in [0.2, 0.25) is 5.92 Å². The normalized spacial score (nSPS) is 29.2. The quantitative estimate of drug-likeness (QED) is 0.618. The molecule has 0 aromatic rings. The van der Waals surface area contributed by atoms with E-state index in [2.05, 4.69) is 4.99 Å². The van der Waals surface area contributed by atoms with Gasteiger partial charge in [-0.25, -0.2) is 8.78 Å². The molecule has 2 N–H and O–H groups in total. The van der Waals surface area contributed by atoms with Gasteiger partial charge in [0.1, 0.15) is 0 Å². The smallest absolute Gasteiger partial charge is 0.248 e. The zero-order chi connectivity index (χ0) is 13.2. The highest BCUT2D eigenvalue weighted by atomic mass is 19.3. The summed E-state index contributed by atoms with van der Waals surface area (Å²) in [6.45, 7) is 4.69. The highest BCUT2D eigenvalue weighted by Gasteiger charge is 2.44. The first-order valence-electron chi connectivity index (χ1n) is 6.50. The van der Waals surface area contributed by atoms with Crippen LogP contribution in [0.3, 0.4) is 0 Å². The Morgan fingerprint density at radius 3 is 2.83 bits per heavy atom. The molecule has 2 fully saturated rings. The van der Waals surface area contributed by atoms with Crippen LogP contribution >= 0.6 is 0 Å². The van der Waals surface area contributed by atoms with Crippen LogP contribution < -0.4 is 5.73 Å². The number of aliphatic imine (C=N–C) groups is 1. The number of hydrogen-bond acceptors (Lipinski definition) is 2. The standard InChI is InChI=1S/C12H21F2N3O/c1-9-8-17(4-5-18-9)11(15)16-3-2-10-6-12(13,14)7-10/h9-10H,2-8H2,1H3,(H2,15,16). The van der Waals surface area contributed by atoms with E-state index in [1.807, 2.05) is 11.8 Å². The molecule has 1 saturated carbocycles. The molecule has 1 aliphatic heterocycles. The van der Waals surface area contributed by atoms with Crippen molar-refractivity contribution in [3.05, 3.63) is 0 Å². The molecular formula is C12H21F2N3O. The molecule has 2 aliphatic rings. The number of alkyl halides is 2. The number of guanidine groups is 1. The molecule has 1 unspecified atom stereocenters. The number of ether oxygens (including phenoxy) is 1. The highest BCUT2D eigenvalue weighted by molar-refractivity contribution is 5.78. The lowest BCUT2D eigenvalue weighted by atomic mass is 9.79. The Balaban J connectivity index is 1.69. The van der Waals surface area contributed by atoms with Crippen molar-refractivity contribution in [2.45, 2.75) is 38.2 Å². The lowest BCUT2D eigenvalue weighted by Crippen LogP contribution is -2.48. The maximum absolute atomic E-state index is 12.6. The van der Waals surface area contributed by atoms with Gasteiger partial charge in [-0.15, -0.1) is 0 Å². The molecule has 1 aliphatic carbocycles. The summed E-state index contributed by atoms with van der Waals surface area (Å²) >= 11 is 0. The fraction of sp³-hybridized carbons (Fsp3) is 0.917. The zero-order valence-electron chi connectivity index (χ0n) is 10.7. The third-order valence-corrected chi connectivity index (χ3v) is 3.55. The molecule has 0 amide bonds. The minimum absolute atomic E-state index is 0.0109. The average Bonchev–Trinajstić information content (AvgIpc) is 2.26. The van der Waals surface area contributed by atoms with Crippen LogP contribution in [0.1, 0.15) is 26.2 Å². The fourth-order valence-corrected chi connectivity index (χ4v) is 2.48. The Kier molecular flexibility index (Phi) is 4.04. The third kappa shape index (κ3) is 3.54. The van der Waals surface area contributed by atoms with Gasteiger partial charge in [0.15, 0.2) is 5.96 Å². The maximum Gasteiger partial charge on any atom is 0.248 e. The summed E-state index contributed by atoms with van der Waals surface area (Å²) in [6.07, 6.45) is 0.891. The summed E-state index contributed by atoms with van der Waals surface area (Å²) in [7, 11) is 0. The van der Waals surface area contributed by atoms with Crippen LogP contribution in [-0.2, 0) is 4.74 Å². The van der Waals surface area contributed by atoms with E-state index < -0.39 is 5.92 Å². The molecule has 0 aromatic carbocycles. The summed E-state index contributed by atoms with van der Waals surface area (Å²) in [5.74, 6) is -1.81. The third-order valence-electron chi connectivity index (χ3n) is 3.55. The van der Waals surface area contributed by atoms with Crippen LogP contribution in [0.5, 0.6) is 0 Å². The van der Waals surface area contributed by atoms with Gasteiger partial charge in [0.05, 0.1) is 12.7 Å². The van der Waals surface area contributed by atoms with Crippen LogP contribution in [0.4, 0.5) is 8.78 Å². The molecule has 0 bridgehead atoms. The predicted molar refractivity (Wildman–Crippen MR) is 65.8 cm³/mol. The molecule has 2 rings (SSSR count). The lowest BCUT2D eigenvalue weighted by Gasteiger charge is -2.35. The van der Waals surface area contributed by atoms with Gasteiger partial charge in [-0.2, -0.15) is 0 Å². The van der Waals surface area contributed by atoms with Gasteiger partial charge >= 0.3 is 0 Å². The van der Waals surface area contributed by atoms with E-state index in [0.29, 0.717) is 25.5 Å². The highest BCUT2D eigenvalue weighted by Crippen LogP contribution is 2.43. The van der Waals surface area contributed by atoms with Crippen LogP contribution in [-0.4, -0.2) is 49.1 Å². The Morgan fingerprint density at radius 2 is 2.22 bits per heavy atom. The molecule has 1 heterocycles. The topological polar surface area (TPSA) is 50.8 Å². The number of morpholine rings is 1. The van der Waals surface area contributed by atoms with Crippen LogP contribution in [0.15, 0.2) is 4.99 Å². The summed E-state index contributed by atoms with van der Waals surface area (Å²) < 4.78 is 30.7. The lowest BCUT2D eigenvalue weighted by molar-refractivity contribution is -0.111. The van der Waals surface area contributed by atoms with E-state index >= 15 is 0 Å². The Bertz CT molecular complexity index is 314. The Morgan fingerprint density at radius 1 is 1.50 bits per heavy atom. The molecule has 104 valence electrons. The van der Waals surface area contributed by atoms with Gasteiger partial charge < -0.3 is 15.4 Å². The average molecular weight is 261 g/mol. The van der Waals surface area contributed by atoms with E-state index in [9.17, 15) is 8.78 Å². The number of rotatable bonds is 3. The molecule has 1 saturated heterocycles. The fourth-order valence-electron chi connectivity index (χ4n) is 2.48. The van der Waals surface area contributed by atoms with E-state index in [0.717, 1.165) is 13.1 Å². The van der Waals surface area contributed by atoms with Crippen LogP contribution in [0.2, 0.25) is 0 Å². The van der Waals surface area contributed by atoms with Gasteiger partial charge in [0, 0.05) is 32.5 Å². The molecule has 0 radical (unpaired) electrons. The van der Waals surface area contributed by atoms with E-state index in [1.54, 1.807) is 0 Å². The predicted octanol–water partition coefficient (Wildman–Crippen LogP) is 1.46. The van der Waals surface area contributed by atoms with Crippen molar-refractivity contribution in [2.75, 3.05) is 26.2 Å². The van der Waals surface area contributed by atoms with Crippen molar-refractivity contribution in [2.24, 2.45) is 16.6 Å².